The Labute approximate surface area is 190 Å². The molecule has 1 aromatic carbocycles. The number of thiophene rings is 1. The van der Waals surface area contributed by atoms with Crippen LogP contribution in [-0.4, -0.2) is 61.6 Å². The summed E-state index contributed by atoms with van der Waals surface area (Å²) in [5.41, 5.74) is 3.32. The van der Waals surface area contributed by atoms with Gasteiger partial charge < -0.3 is 15.0 Å². The number of rotatable bonds is 4. The molecule has 2 aliphatic heterocycles. The molecule has 0 amide bonds. The van der Waals surface area contributed by atoms with Crippen LogP contribution in [-0.2, 0) is 4.74 Å². The van der Waals surface area contributed by atoms with E-state index in [1.165, 1.54) is 15.4 Å². The van der Waals surface area contributed by atoms with Crippen LogP contribution in [0, 0.1) is 6.92 Å². The second-order valence-corrected chi connectivity index (χ2v) is 8.50. The van der Waals surface area contributed by atoms with Gasteiger partial charge in [0, 0.05) is 43.8 Å². The zero-order valence-electron chi connectivity index (χ0n) is 17.2. The zero-order chi connectivity index (χ0) is 18.8. The Kier molecular flexibility index (Phi) is 8.79. The first-order valence-electron chi connectivity index (χ1n) is 9.74. The number of para-hydroxylation sites is 2. The largest absolute Gasteiger partial charge is 0.382 e. The van der Waals surface area contributed by atoms with Crippen LogP contribution in [0.4, 0.5) is 16.4 Å². The van der Waals surface area contributed by atoms with Crippen molar-refractivity contribution in [1.29, 1.82) is 0 Å². The molecule has 0 spiro atoms. The van der Waals surface area contributed by atoms with Crippen molar-refractivity contribution in [3.63, 3.8) is 0 Å². The molecule has 1 atom stereocenters. The van der Waals surface area contributed by atoms with Crippen LogP contribution < -0.4 is 5.32 Å². The normalized spacial score (nSPS) is 18.4. The molecule has 0 aliphatic carbocycles. The molecule has 2 aromatic rings. The lowest BCUT2D eigenvalue weighted by Gasteiger charge is -2.41. The van der Waals surface area contributed by atoms with E-state index in [1.54, 1.807) is 11.3 Å². The highest BCUT2D eigenvalue weighted by Gasteiger charge is 2.29. The number of likely N-dealkylation sites (N-methyl/N-ethyl adjacent to an activating group) is 1. The van der Waals surface area contributed by atoms with Crippen LogP contribution in [0.15, 0.2) is 35.3 Å². The van der Waals surface area contributed by atoms with Crippen LogP contribution in [0.5, 0.6) is 0 Å². The Morgan fingerprint density at radius 2 is 2.03 bits per heavy atom. The smallest absolute Gasteiger partial charge is 0.139 e. The van der Waals surface area contributed by atoms with Gasteiger partial charge in [0.2, 0.25) is 0 Å². The fourth-order valence-corrected chi connectivity index (χ4v) is 4.72. The number of anilines is 2. The van der Waals surface area contributed by atoms with E-state index in [-0.39, 0.29) is 24.8 Å². The fraction of sp³-hybridized carbons (Fsp3) is 0.476. The van der Waals surface area contributed by atoms with Gasteiger partial charge in [0.05, 0.1) is 16.9 Å². The van der Waals surface area contributed by atoms with E-state index >= 15 is 0 Å². The number of nitrogens with zero attached hydrogens (tertiary/aromatic N) is 3. The first kappa shape index (κ1) is 24.0. The number of nitrogens with one attached hydrogen (secondary N) is 1. The fourth-order valence-electron chi connectivity index (χ4n) is 3.80. The maximum atomic E-state index is 5.61. The summed E-state index contributed by atoms with van der Waals surface area (Å²) >= 11 is 1.80. The summed E-state index contributed by atoms with van der Waals surface area (Å²) in [6.45, 7) is 8.85. The lowest BCUT2D eigenvalue weighted by atomic mass is 10.1. The molecule has 1 fully saturated rings. The monoisotopic (exact) mass is 456 g/mol. The summed E-state index contributed by atoms with van der Waals surface area (Å²) in [4.78, 5) is 11.3. The number of benzene rings is 1. The van der Waals surface area contributed by atoms with Gasteiger partial charge in [-0.2, -0.15) is 0 Å². The molecule has 5 nitrogen and oxygen atoms in total. The molecule has 0 bridgehead atoms. The Morgan fingerprint density at radius 1 is 1.24 bits per heavy atom. The predicted octanol–water partition coefficient (Wildman–Crippen LogP) is 5.08. The summed E-state index contributed by atoms with van der Waals surface area (Å²) in [5.74, 6) is 1.10. The van der Waals surface area contributed by atoms with Gasteiger partial charge in [0.1, 0.15) is 10.8 Å². The first-order chi connectivity index (χ1) is 13.2. The Hall–Kier alpha value is -1.31. The molecule has 1 N–H and O–H groups in total. The molecular formula is C21H30Cl2N4OS. The summed E-state index contributed by atoms with van der Waals surface area (Å²) in [5, 5.41) is 4.80. The average molecular weight is 457 g/mol. The van der Waals surface area contributed by atoms with E-state index in [4.69, 9.17) is 9.73 Å². The number of halogens is 2. The second-order valence-electron chi connectivity index (χ2n) is 7.24. The van der Waals surface area contributed by atoms with E-state index in [2.05, 4.69) is 66.3 Å². The number of ether oxygens (including phenoxy) is 1. The minimum absolute atomic E-state index is 0. The maximum Gasteiger partial charge on any atom is 0.139 e. The molecule has 0 radical (unpaired) electrons. The predicted molar refractivity (Wildman–Crippen MR) is 129 cm³/mol. The van der Waals surface area contributed by atoms with Crippen LogP contribution >= 0.6 is 36.2 Å². The third-order valence-corrected chi connectivity index (χ3v) is 6.32. The third-order valence-electron chi connectivity index (χ3n) is 5.35. The summed E-state index contributed by atoms with van der Waals surface area (Å²) in [6, 6.07) is 11.1. The van der Waals surface area contributed by atoms with Crippen molar-refractivity contribution in [2.75, 3.05) is 45.2 Å². The molecule has 1 unspecified atom stereocenters. The molecule has 1 aromatic heterocycles. The Bertz CT molecular complexity index is 842. The Morgan fingerprint density at radius 3 is 2.83 bits per heavy atom. The number of amidine groups is 1. The van der Waals surface area contributed by atoms with Gasteiger partial charge in [-0.25, -0.2) is 4.99 Å². The van der Waals surface area contributed by atoms with Crippen LogP contribution in [0.3, 0.4) is 0 Å². The lowest BCUT2D eigenvalue weighted by Crippen LogP contribution is -2.53. The van der Waals surface area contributed by atoms with Crippen LogP contribution in [0.1, 0.15) is 23.8 Å². The number of hydrogen-bond acceptors (Lipinski definition) is 6. The summed E-state index contributed by atoms with van der Waals surface area (Å²) in [7, 11) is 2.22. The number of fused-ring (bicyclic) bond motifs is 2. The lowest BCUT2D eigenvalue weighted by molar-refractivity contribution is 0.0843. The highest BCUT2D eigenvalue weighted by Crippen LogP contribution is 2.39. The molecule has 2 aliphatic rings. The second kappa shape index (κ2) is 10.6. The van der Waals surface area contributed by atoms with Crippen molar-refractivity contribution in [3.05, 3.63) is 40.8 Å². The standard InChI is InChI=1S/C21H28N4OS.2ClH/c1-4-26-12-9-16-14-25(11-10-24(16)3)20-17-13-15(2)27-21(17)23-19-8-6-5-7-18(19)22-20;;/h5-8,13,16,23H,4,9-12,14H2,1-3H3;2*1H. The quantitative estimate of drug-likeness (QED) is 0.651. The van der Waals surface area contributed by atoms with E-state index in [9.17, 15) is 0 Å². The van der Waals surface area contributed by atoms with Crippen molar-refractivity contribution in [2.45, 2.75) is 26.3 Å². The van der Waals surface area contributed by atoms with Crippen molar-refractivity contribution < 1.29 is 4.74 Å². The van der Waals surface area contributed by atoms with Crippen LogP contribution in [0.2, 0.25) is 0 Å². The molecule has 8 heteroatoms. The van der Waals surface area contributed by atoms with Gasteiger partial charge in [-0.05, 0) is 45.5 Å². The SMILES string of the molecule is CCOCCC1CN(C2=Nc3ccccc3Nc3sc(C)cc32)CCN1C.Cl.Cl. The minimum atomic E-state index is 0. The van der Waals surface area contributed by atoms with Crippen molar-refractivity contribution in [3.8, 4) is 0 Å². The zero-order valence-corrected chi connectivity index (χ0v) is 19.6. The van der Waals surface area contributed by atoms with E-state index in [0.29, 0.717) is 6.04 Å². The summed E-state index contributed by atoms with van der Waals surface area (Å²) in [6.07, 6.45) is 1.05. The number of hydrogen-bond donors (Lipinski definition) is 1. The van der Waals surface area contributed by atoms with Crippen LogP contribution in [0.25, 0.3) is 0 Å². The van der Waals surface area contributed by atoms with Crippen molar-refractivity contribution >= 4 is 58.4 Å². The number of piperazine rings is 1. The van der Waals surface area contributed by atoms with Gasteiger partial charge in [-0.3, -0.25) is 4.90 Å². The third kappa shape index (κ3) is 5.25. The highest BCUT2D eigenvalue weighted by molar-refractivity contribution is 7.16. The van der Waals surface area contributed by atoms with E-state index < -0.39 is 0 Å². The van der Waals surface area contributed by atoms with Crippen molar-refractivity contribution in [2.24, 2.45) is 4.99 Å². The average Bonchev–Trinajstić information content (AvgIpc) is 2.95. The highest BCUT2D eigenvalue weighted by atomic mass is 35.5. The molecule has 29 heavy (non-hydrogen) atoms. The van der Waals surface area contributed by atoms with Gasteiger partial charge in [-0.1, -0.05) is 12.1 Å². The molecular weight excluding hydrogens is 427 g/mol. The first-order valence-corrected chi connectivity index (χ1v) is 10.6. The van der Waals surface area contributed by atoms with Gasteiger partial charge in [0.25, 0.3) is 0 Å². The topological polar surface area (TPSA) is 40.1 Å². The Balaban J connectivity index is 0.00000150. The van der Waals surface area contributed by atoms with E-state index in [1.807, 2.05) is 0 Å². The van der Waals surface area contributed by atoms with Gasteiger partial charge >= 0.3 is 0 Å². The summed E-state index contributed by atoms with van der Waals surface area (Å²) < 4.78 is 5.61. The van der Waals surface area contributed by atoms with Gasteiger partial charge in [0.15, 0.2) is 0 Å². The molecule has 1 saturated heterocycles. The maximum absolute atomic E-state index is 5.61. The number of aryl methyl sites for hydroxylation is 1. The van der Waals surface area contributed by atoms with E-state index in [0.717, 1.165) is 56.5 Å². The molecule has 0 saturated carbocycles. The minimum Gasteiger partial charge on any atom is -0.382 e. The van der Waals surface area contributed by atoms with Gasteiger partial charge in [-0.15, -0.1) is 36.2 Å². The molecule has 4 rings (SSSR count). The van der Waals surface area contributed by atoms with Crippen molar-refractivity contribution in [1.82, 2.24) is 9.80 Å². The number of aliphatic imine (C=N–C) groups is 1. The molecule has 3 heterocycles. The molecule has 160 valence electrons.